The third-order valence-corrected chi connectivity index (χ3v) is 4.05. The second kappa shape index (κ2) is 4.59. The second-order valence-corrected chi connectivity index (χ2v) is 5.59. The largest absolute Gasteiger partial charge is 0.572 e. The molecule has 0 bridgehead atoms. The highest BCUT2D eigenvalue weighted by molar-refractivity contribution is 7.88. The first-order chi connectivity index (χ1) is 6.09. The maximum absolute atomic E-state index is 11.0. The zero-order valence-corrected chi connectivity index (χ0v) is 8.92. The lowest BCUT2D eigenvalue weighted by Crippen LogP contribution is -2.17. The van der Waals surface area contributed by atoms with E-state index >= 15 is 0 Å². The number of hydrogen-bond donors (Lipinski definition) is 1. The average molecular weight is 227 g/mol. The molecule has 13 heavy (non-hydrogen) atoms. The molecule has 0 aromatic carbocycles. The van der Waals surface area contributed by atoms with Crippen LogP contribution in [0.1, 0.15) is 0 Å². The topological polar surface area (TPSA) is 65.0 Å². The van der Waals surface area contributed by atoms with Crippen molar-refractivity contribution in [1.82, 2.24) is 0 Å². The van der Waals surface area contributed by atoms with Gasteiger partial charge in [0.2, 0.25) is 0 Å². The van der Waals surface area contributed by atoms with Crippen molar-refractivity contribution in [2.24, 2.45) is 0 Å². The molecule has 1 aliphatic heterocycles. The lowest BCUT2D eigenvalue weighted by atomic mass is 10.4. The Hall–Kier alpha value is 0.160. The van der Waals surface area contributed by atoms with Crippen molar-refractivity contribution in [2.45, 2.75) is 6.10 Å². The van der Waals surface area contributed by atoms with Crippen molar-refractivity contribution >= 4 is 19.0 Å². The van der Waals surface area contributed by atoms with Gasteiger partial charge >= 0.3 is 8.17 Å². The molecule has 5 nitrogen and oxygen atoms in total. The Kier molecular flexibility index (Phi) is 3.97. The van der Waals surface area contributed by atoms with E-state index in [2.05, 4.69) is 11.1 Å². The monoisotopic (exact) mass is 227 g/mol. The molecule has 76 valence electrons. The van der Waals surface area contributed by atoms with Gasteiger partial charge in [0.05, 0.1) is 12.9 Å². The van der Waals surface area contributed by atoms with E-state index in [4.69, 9.17) is 9.05 Å². The first-order valence-electron chi connectivity index (χ1n) is 3.60. The summed E-state index contributed by atoms with van der Waals surface area (Å²) in [6.07, 6.45) is -0.378. The summed E-state index contributed by atoms with van der Waals surface area (Å²) in [6, 6.07) is 0. The fraction of sp³-hybridized carbons (Fsp3) is 0.667. The molecule has 1 heterocycles. The molecule has 1 saturated heterocycles. The van der Waals surface area contributed by atoms with Crippen LogP contribution in [0.3, 0.4) is 0 Å². The van der Waals surface area contributed by atoms with Crippen molar-refractivity contribution in [1.29, 1.82) is 0 Å². The van der Waals surface area contributed by atoms with Gasteiger partial charge in [0.25, 0.3) is 0 Å². The first-order valence-corrected chi connectivity index (χ1v) is 6.47. The van der Waals surface area contributed by atoms with Gasteiger partial charge in [0, 0.05) is 10.8 Å². The van der Waals surface area contributed by atoms with Gasteiger partial charge in [-0.2, -0.15) is 13.9 Å². The lowest BCUT2D eigenvalue weighted by Gasteiger charge is -2.04. The summed E-state index contributed by atoms with van der Waals surface area (Å²) in [4.78, 5) is 9.38. The minimum Gasteiger partial charge on any atom is -0.255 e. The maximum atomic E-state index is 11.0. The second-order valence-electron chi connectivity index (χ2n) is 2.39. The Bertz CT molecular complexity index is 223. The smallest absolute Gasteiger partial charge is 0.255 e. The van der Waals surface area contributed by atoms with Gasteiger partial charge in [-0.1, -0.05) is 6.58 Å². The molecule has 0 amide bonds. The fourth-order valence-corrected chi connectivity index (χ4v) is 2.74. The zero-order chi connectivity index (χ0) is 9.90. The predicted octanol–water partition coefficient (Wildman–Crippen LogP) is 0.610. The Morgan fingerprint density at radius 1 is 1.92 bits per heavy atom. The number of rotatable bonds is 4. The van der Waals surface area contributed by atoms with E-state index in [1.807, 2.05) is 0 Å². The lowest BCUT2D eigenvalue weighted by molar-refractivity contribution is 0.172. The predicted molar refractivity (Wildman–Crippen MR) is 50.2 cm³/mol. The van der Waals surface area contributed by atoms with Crippen molar-refractivity contribution in [3.8, 4) is 0 Å². The van der Waals surface area contributed by atoms with E-state index < -0.39 is 19.0 Å². The summed E-state index contributed by atoms with van der Waals surface area (Å²) < 4.78 is 25.6. The van der Waals surface area contributed by atoms with Crippen LogP contribution in [0.5, 0.6) is 0 Å². The van der Waals surface area contributed by atoms with Crippen molar-refractivity contribution in [3.05, 3.63) is 12.0 Å². The van der Waals surface area contributed by atoms with Crippen LogP contribution in [0.4, 0.5) is 0 Å². The molecule has 0 spiro atoms. The van der Waals surface area contributed by atoms with Crippen LogP contribution in [0.15, 0.2) is 12.0 Å². The summed E-state index contributed by atoms with van der Waals surface area (Å²) in [6.45, 7) is 3.58. The van der Waals surface area contributed by atoms with Crippen LogP contribution >= 0.6 is 8.17 Å². The molecule has 3 atom stereocenters. The Labute approximate surface area is 79.8 Å². The van der Waals surface area contributed by atoms with Crippen LogP contribution in [0, 0.1) is 0 Å². The molecule has 0 aromatic rings. The highest BCUT2D eigenvalue weighted by atomic mass is 32.2. The van der Waals surface area contributed by atoms with Crippen LogP contribution in [-0.4, -0.2) is 34.7 Å². The minimum atomic E-state index is -3.09. The first kappa shape index (κ1) is 11.2. The van der Waals surface area contributed by atoms with Gasteiger partial charge in [-0.25, -0.2) is 0 Å². The van der Waals surface area contributed by atoms with E-state index in [0.717, 1.165) is 0 Å². The third-order valence-electron chi connectivity index (χ3n) is 1.47. The molecule has 1 fully saturated rings. The molecule has 1 rings (SSSR count). The summed E-state index contributed by atoms with van der Waals surface area (Å²) >= 11 is 0. The molecule has 0 saturated carbocycles. The highest BCUT2D eigenvalue weighted by Gasteiger charge is 2.53. The Morgan fingerprint density at radius 2 is 2.62 bits per heavy atom. The summed E-state index contributed by atoms with van der Waals surface area (Å²) in [5.74, 6) is 0.273. The molecule has 1 N–H and O–H groups in total. The van der Waals surface area contributed by atoms with Crippen LogP contribution in [0.25, 0.3) is 0 Å². The minimum absolute atomic E-state index is 0.206. The van der Waals surface area contributed by atoms with Gasteiger partial charge in [-0.15, -0.1) is 4.52 Å². The van der Waals surface area contributed by atoms with Gasteiger partial charge < -0.3 is 0 Å². The van der Waals surface area contributed by atoms with Crippen molar-refractivity contribution < 1.29 is 22.7 Å². The van der Waals surface area contributed by atoms with Crippen molar-refractivity contribution in [3.63, 3.8) is 0 Å². The van der Waals surface area contributed by atoms with Gasteiger partial charge in [0.1, 0.15) is 6.61 Å². The zero-order valence-electron chi connectivity index (χ0n) is 7.21. The summed E-state index contributed by atoms with van der Waals surface area (Å²) in [7, 11) is -2.93. The number of hydrogen-bond acceptors (Lipinski definition) is 5. The van der Waals surface area contributed by atoms with E-state index in [1.54, 1.807) is 0 Å². The molecular weight excluding hydrogens is 215 g/mol. The van der Waals surface area contributed by atoms with Gasteiger partial charge in [-0.3, -0.25) is 4.21 Å². The highest BCUT2D eigenvalue weighted by Crippen LogP contribution is 2.62. The Morgan fingerprint density at radius 3 is 3.08 bits per heavy atom. The molecule has 7 heteroatoms. The van der Waals surface area contributed by atoms with Crippen LogP contribution in [-0.2, 0) is 24.4 Å². The normalized spacial score (nSPS) is 36.0. The quantitative estimate of drug-likeness (QED) is 0.713. The van der Waals surface area contributed by atoms with E-state index in [9.17, 15) is 9.10 Å². The van der Waals surface area contributed by atoms with E-state index in [-0.39, 0.29) is 18.5 Å². The standard InChI is InChI=1S/C6H12O5PS/c1-3-13(8)5-6-4-10-12(7,9-2)11-6/h3,6-7H,1,4-5H2,2H3/q+1. The molecule has 1 aliphatic rings. The van der Waals surface area contributed by atoms with E-state index in [0.29, 0.717) is 0 Å². The average Bonchev–Trinajstić information content (AvgIpc) is 2.48. The SMILES string of the molecule is C=CS(=O)CC1CO[P+](O)(OC)O1. The third kappa shape index (κ3) is 3.09. The van der Waals surface area contributed by atoms with Gasteiger partial charge in [-0.05, 0) is 5.41 Å². The maximum Gasteiger partial charge on any atom is 0.572 e. The summed E-state index contributed by atoms with van der Waals surface area (Å²) in [5, 5.41) is 1.33. The molecule has 0 aliphatic carbocycles. The molecular formula is C6H12O5PS+. The molecule has 0 radical (unpaired) electrons. The van der Waals surface area contributed by atoms with E-state index in [1.165, 1.54) is 12.5 Å². The fourth-order valence-electron chi connectivity index (χ4n) is 0.852. The van der Waals surface area contributed by atoms with Crippen LogP contribution < -0.4 is 0 Å². The van der Waals surface area contributed by atoms with Crippen molar-refractivity contribution in [2.75, 3.05) is 19.5 Å². The Balaban J connectivity index is 2.41. The molecule has 0 aromatic heterocycles. The van der Waals surface area contributed by atoms with Crippen LogP contribution in [0.2, 0.25) is 0 Å². The molecule has 3 unspecified atom stereocenters. The van der Waals surface area contributed by atoms with Gasteiger partial charge in [0.15, 0.2) is 6.10 Å². The summed E-state index contributed by atoms with van der Waals surface area (Å²) in [5.41, 5.74) is 0.